The van der Waals surface area contributed by atoms with Gasteiger partial charge in [0.1, 0.15) is 11.6 Å². The summed E-state index contributed by atoms with van der Waals surface area (Å²) in [7, 11) is 0. The second-order valence-electron chi connectivity index (χ2n) is 4.52. The highest BCUT2D eigenvalue weighted by molar-refractivity contribution is 5.38. The van der Waals surface area contributed by atoms with E-state index in [-0.39, 0.29) is 5.56 Å². The molecular formula is C12H21N5O. The van der Waals surface area contributed by atoms with Crippen molar-refractivity contribution in [3.05, 3.63) is 22.2 Å². The summed E-state index contributed by atoms with van der Waals surface area (Å²) in [4.78, 5) is 23.3. The molecule has 1 fully saturated rings. The van der Waals surface area contributed by atoms with Crippen molar-refractivity contribution in [1.29, 1.82) is 0 Å². The Kier molecular flexibility index (Phi) is 4.33. The van der Waals surface area contributed by atoms with E-state index in [1.165, 1.54) is 0 Å². The Morgan fingerprint density at radius 3 is 2.72 bits per heavy atom. The number of anilines is 1. The maximum absolute atomic E-state index is 11.5. The largest absolute Gasteiger partial charge is 0.354 e. The fourth-order valence-corrected chi connectivity index (χ4v) is 2.21. The predicted octanol–water partition coefficient (Wildman–Crippen LogP) is -0.587. The van der Waals surface area contributed by atoms with E-state index in [4.69, 9.17) is 5.73 Å². The van der Waals surface area contributed by atoms with Crippen molar-refractivity contribution in [3.8, 4) is 0 Å². The molecule has 2 rings (SSSR count). The molecule has 0 amide bonds. The van der Waals surface area contributed by atoms with Gasteiger partial charge >= 0.3 is 0 Å². The Balaban J connectivity index is 2.05. The summed E-state index contributed by atoms with van der Waals surface area (Å²) in [6, 6.07) is 1.58. The van der Waals surface area contributed by atoms with Crippen LogP contribution in [0.4, 0.5) is 5.82 Å². The van der Waals surface area contributed by atoms with E-state index < -0.39 is 0 Å². The zero-order valence-corrected chi connectivity index (χ0v) is 10.9. The number of piperazine rings is 1. The van der Waals surface area contributed by atoms with Crippen molar-refractivity contribution >= 4 is 5.82 Å². The first kappa shape index (κ1) is 13.0. The third-order valence-electron chi connectivity index (χ3n) is 3.25. The van der Waals surface area contributed by atoms with Gasteiger partial charge < -0.3 is 15.6 Å². The van der Waals surface area contributed by atoms with Gasteiger partial charge in [-0.3, -0.25) is 9.69 Å². The average molecular weight is 251 g/mol. The SMILES string of the molecule is CCc1nc(N2CCN(CCN)CC2)cc(=O)[nH]1. The van der Waals surface area contributed by atoms with Crippen molar-refractivity contribution in [3.63, 3.8) is 0 Å². The second-order valence-corrected chi connectivity index (χ2v) is 4.52. The van der Waals surface area contributed by atoms with Crippen LogP contribution in [0.2, 0.25) is 0 Å². The summed E-state index contributed by atoms with van der Waals surface area (Å²) in [6.07, 6.45) is 0.746. The monoisotopic (exact) mass is 251 g/mol. The van der Waals surface area contributed by atoms with Gasteiger partial charge in [0, 0.05) is 51.8 Å². The molecule has 18 heavy (non-hydrogen) atoms. The highest BCUT2D eigenvalue weighted by Crippen LogP contribution is 2.11. The van der Waals surface area contributed by atoms with Gasteiger partial charge in [-0.25, -0.2) is 4.98 Å². The molecule has 0 unspecified atom stereocenters. The van der Waals surface area contributed by atoms with E-state index in [2.05, 4.69) is 19.8 Å². The third-order valence-corrected chi connectivity index (χ3v) is 3.25. The van der Waals surface area contributed by atoms with Crippen molar-refractivity contribution in [2.75, 3.05) is 44.2 Å². The fraction of sp³-hybridized carbons (Fsp3) is 0.667. The standard InChI is InChI=1S/C12H21N5O/c1-2-10-14-11(9-12(18)15-10)17-7-5-16(4-3-13)6-8-17/h9H,2-8,13H2,1H3,(H,14,15,18). The number of rotatable bonds is 4. The molecule has 0 aromatic carbocycles. The van der Waals surface area contributed by atoms with Gasteiger partial charge in [0.15, 0.2) is 0 Å². The van der Waals surface area contributed by atoms with Crippen LogP contribution in [0.15, 0.2) is 10.9 Å². The number of H-pyrrole nitrogens is 1. The van der Waals surface area contributed by atoms with Crippen molar-refractivity contribution in [2.24, 2.45) is 5.73 Å². The normalized spacial score (nSPS) is 17.1. The van der Waals surface area contributed by atoms with Gasteiger partial charge in [-0.05, 0) is 0 Å². The number of hydrogen-bond acceptors (Lipinski definition) is 5. The molecule has 0 bridgehead atoms. The van der Waals surface area contributed by atoms with E-state index in [9.17, 15) is 4.79 Å². The molecule has 2 heterocycles. The topological polar surface area (TPSA) is 78.2 Å². The minimum atomic E-state index is -0.0683. The van der Waals surface area contributed by atoms with E-state index in [0.717, 1.165) is 50.8 Å². The average Bonchev–Trinajstić information content (AvgIpc) is 2.39. The van der Waals surface area contributed by atoms with Gasteiger partial charge in [-0.15, -0.1) is 0 Å². The predicted molar refractivity (Wildman–Crippen MR) is 71.9 cm³/mol. The zero-order valence-electron chi connectivity index (χ0n) is 10.9. The highest BCUT2D eigenvalue weighted by Gasteiger charge is 2.17. The molecule has 6 nitrogen and oxygen atoms in total. The Bertz CT molecular complexity index is 436. The van der Waals surface area contributed by atoms with Crippen LogP contribution in [0.5, 0.6) is 0 Å². The molecule has 1 aromatic heterocycles. The maximum atomic E-state index is 11.5. The number of nitrogens with one attached hydrogen (secondary N) is 1. The van der Waals surface area contributed by atoms with Crippen LogP contribution in [0.3, 0.4) is 0 Å². The Hall–Kier alpha value is -1.40. The Labute approximate surface area is 107 Å². The minimum absolute atomic E-state index is 0.0683. The molecule has 1 saturated heterocycles. The molecule has 0 radical (unpaired) electrons. The number of nitrogens with zero attached hydrogens (tertiary/aromatic N) is 3. The van der Waals surface area contributed by atoms with Crippen LogP contribution in [-0.2, 0) is 6.42 Å². The molecule has 100 valence electrons. The minimum Gasteiger partial charge on any atom is -0.354 e. The lowest BCUT2D eigenvalue weighted by atomic mass is 10.3. The number of aromatic nitrogens is 2. The van der Waals surface area contributed by atoms with Crippen molar-refractivity contribution < 1.29 is 0 Å². The lowest BCUT2D eigenvalue weighted by molar-refractivity contribution is 0.264. The summed E-state index contributed by atoms with van der Waals surface area (Å²) in [5.41, 5.74) is 5.48. The molecule has 6 heteroatoms. The first-order chi connectivity index (χ1) is 8.72. The highest BCUT2D eigenvalue weighted by atomic mass is 16.1. The molecule has 0 spiro atoms. The first-order valence-corrected chi connectivity index (χ1v) is 6.50. The smallest absolute Gasteiger partial charge is 0.252 e. The van der Waals surface area contributed by atoms with Crippen LogP contribution in [0, 0.1) is 0 Å². The van der Waals surface area contributed by atoms with Crippen LogP contribution in [0.1, 0.15) is 12.7 Å². The van der Waals surface area contributed by atoms with Crippen LogP contribution in [-0.4, -0.2) is 54.1 Å². The van der Waals surface area contributed by atoms with E-state index >= 15 is 0 Å². The number of hydrogen-bond donors (Lipinski definition) is 2. The molecule has 1 aromatic rings. The van der Waals surface area contributed by atoms with Crippen LogP contribution in [0.25, 0.3) is 0 Å². The molecule has 1 aliphatic rings. The van der Waals surface area contributed by atoms with Gasteiger partial charge in [0.25, 0.3) is 5.56 Å². The number of aryl methyl sites for hydroxylation is 1. The van der Waals surface area contributed by atoms with Crippen molar-refractivity contribution in [1.82, 2.24) is 14.9 Å². The first-order valence-electron chi connectivity index (χ1n) is 6.50. The molecule has 0 aliphatic carbocycles. The summed E-state index contributed by atoms with van der Waals surface area (Å²) in [6.45, 7) is 7.39. The summed E-state index contributed by atoms with van der Waals surface area (Å²) in [5, 5.41) is 0. The summed E-state index contributed by atoms with van der Waals surface area (Å²) >= 11 is 0. The van der Waals surface area contributed by atoms with E-state index in [0.29, 0.717) is 6.54 Å². The quantitative estimate of drug-likeness (QED) is 0.748. The summed E-state index contributed by atoms with van der Waals surface area (Å²) in [5.74, 6) is 1.55. The molecule has 0 saturated carbocycles. The molecule has 3 N–H and O–H groups in total. The van der Waals surface area contributed by atoms with Crippen LogP contribution < -0.4 is 16.2 Å². The van der Waals surface area contributed by atoms with Gasteiger partial charge in [-0.1, -0.05) is 6.92 Å². The van der Waals surface area contributed by atoms with Crippen molar-refractivity contribution in [2.45, 2.75) is 13.3 Å². The fourth-order valence-electron chi connectivity index (χ4n) is 2.21. The van der Waals surface area contributed by atoms with Crippen LogP contribution >= 0.6 is 0 Å². The van der Waals surface area contributed by atoms with E-state index in [1.807, 2.05) is 6.92 Å². The lowest BCUT2D eigenvalue weighted by Crippen LogP contribution is -2.48. The number of aromatic amines is 1. The van der Waals surface area contributed by atoms with E-state index in [1.54, 1.807) is 6.07 Å². The summed E-state index contributed by atoms with van der Waals surface area (Å²) < 4.78 is 0. The lowest BCUT2D eigenvalue weighted by Gasteiger charge is -2.35. The zero-order chi connectivity index (χ0) is 13.0. The van der Waals surface area contributed by atoms with Gasteiger partial charge in [0.2, 0.25) is 0 Å². The molecule has 0 atom stereocenters. The maximum Gasteiger partial charge on any atom is 0.252 e. The molecule has 1 aliphatic heterocycles. The third kappa shape index (κ3) is 3.08. The van der Waals surface area contributed by atoms with Gasteiger partial charge in [-0.2, -0.15) is 0 Å². The molecular weight excluding hydrogens is 230 g/mol. The van der Waals surface area contributed by atoms with Gasteiger partial charge in [0.05, 0.1) is 0 Å². The Morgan fingerprint density at radius 2 is 2.11 bits per heavy atom. The second kappa shape index (κ2) is 5.97. The number of nitrogens with two attached hydrogens (primary N) is 1. The Morgan fingerprint density at radius 1 is 1.39 bits per heavy atom.